The summed E-state index contributed by atoms with van der Waals surface area (Å²) in [6.07, 6.45) is 3.27. The standard InChI is InChI=1S/C24H21ClN6O/c1-16-17(2)30(13-18-8-4-3-5-9-18)23-22(16)24-28-21(29-31(24)15-26-23)14-32-27-12-19-10-6-7-11-20(19)25/h3-12,15H,13-14H2,1-2H3/b27-12-. The fourth-order valence-electron chi connectivity index (χ4n) is 3.76. The molecule has 0 aliphatic carbocycles. The lowest BCUT2D eigenvalue weighted by Gasteiger charge is -2.07. The molecule has 5 aromatic rings. The Hall–Kier alpha value is -3.71. The van der Waals surface area contributed by atoms with Gasteiger partial charge >= 0.3 is 0 Å². The number of hydrogen-bond acceptors (Lipinski definition) is 5. The molecular weight excluding hydrogens is 424 g/mol. The summed E-state index contributed by atoms with van der Waals surface area (Å²) in [7, 11) is 0. The lowest BCUT2D eigenvalue weighted by molar-refractivity contribution is 0.126. The van der Waals surface area contributed by atoms with Crippen LogP contribution in [-0.4, -0.2) is 30.4 Å². The number of nitrogens with zero attached hydrogens (tertiary/aromatic N) is 6. The summed E-state index contributed by atoms with van der Waals surface area (Å²) in [6.45, 7) is 5.10. The van der Waals surface area contributed by atoms with Crippen molar-refractivity contribution >= 4 is 34.5 Å². The van der Waals surface area contributed by atoms with Crippen LogP contribution in [-0.2, 0) is 18.0 Å². The van der Waals surface area contributed by atoms with Crippen molar-refractivity contribution in [2.45, 2.75) is 27.0 Å². The van der Waals surface area contributed by atoms with E-state index in [1.165, 1.54) is 5.56 Å². The van der Waals surface area contributed by atoms with Gasteiger partial charge in [0.2, 0.25) is 0 Å². The van der Waals surface area contributed by atoms with Crippen LogP contribution in [0.15, 0.2) is 66.1 Å². The minimum Gasteiger partial charge on any atom is -0.387 e. The summed E-state index contributed by atoms with van der Waals surface area (Å²) in [4.78, 5) is 14.8. The van der Waals surface area contributed by atoms with Gasteiger partial charge in [-0.2, -0.15) is 0 Å². The monoisotopic (exact) mass is 444 g/mol. The number of rotatable bonds is 6. The van der Waals surface area contributed by atoms with E-state index in [9.17, 15) is 0 Å². The van der Waals surface area contributed by atoms with Crippen LogP contribution in [0, 0.1) is 13.8 Å². The lowest BCUT2D eigenvalue weighted by atomic mass is 10.2. The molecule has 0 fully saturated rings. The van der Waals surface area contributed by atoms with Crippen molar-refractivity contribution in [2.24, 2.45) is 5.16 Å². The zero-order valence-corrected chi connectivity index (χ0v) is 18.5. The number of oxime groups is 1. The number of halogens is 1. The molecule has 3 heterocycles. The summed E-state index contributed by atoms with van der Waals surface area (Å²) in [5.41, 5.74) is 5.97. The van der Waals surface area contributed by atoms with Crippen molar-refractivity contribution in [2.75, 3.05) is 0 Å². The highest BCUT2D eigenvalue weighted by molar-refractivity contribution is 6.33. The van der Waals surface area contributed by atoms with Gasteiger partial charge in [0.15, 0.2) is 18.1 Å². The van der Waals surface area contributed by atoms with Crippen LogP contribution >= 0.6 is 11.6 Å². The van der Waals surface area contributed by atoms with E-state index in [4.69, 9.17) is 21.4 Å². The van der Waals surface area contributed by atoms with E-state index in [0.717, 1.165) is 40.0 Å². The topological polar surface area (TPSA) is 69.6 Å². The highest BCUT2D eigenvalue weighted by Gasteiger charge is 2.18. The van der Waals surface area contributed by atoms with Gasteiger partial charge in [-0.15, -0.1) is 5.10 Å². The van der Waals surface area contributed by atoms with E-state index < -0.39 is 0 Å². The van der Waals surface area contributed by atoms with Crippen LogP contribution in [0.5, 0.6) is 0 Å². The first kappa shape index (κ1) is 20.2. The Labute approximate surface area is 189 Å². The minimum absolute atomic E-state index is 0.146. The quantitative estimate of drug-likeness (QED) is 0.274. The first-order valence-corrected chi connectivity index (χ1v) is 10.6. The number of fused-ring (bicyclic) bond motifs is 3. The molecule has 5 rings (SSSR count). The van der Waals surface area contributed by atoms with Gasteiger partial charge in [0.05, 0.1) is 11.6 Å². The third-order valence-electron chi connectivity index (χ3n) is 5.54. The third kappa shape index (κ3) is 3.71. The Balaban J connectivity index is 1.43. The molecule has 0 saturated carbocycles. The summed E-state index contributed by atoms with van der Waals surface area (Å²) >= 11 is 6.13. The van der Waals surface area contributed by atoms with Crippen LogP contribution in [0.3, 0.4) is 0 Å². The van der Waals surface area contributed by atoms with Crippen molar-refractivity contribution in [1.29, 1.82) is 0 Å². The van der Waals surface area contributed by atoms with E-state index in [1.807, 2.05) is 36.4 Å². The van der Waals surface area contributed by atoms with Crippen LogP contribution < -0.4 is 0 Å². The molecule has 0 unspecified atom stereocenters. The maximum atomic E-state index is 6.13. The second kappa shape index (κ2) is 8.43. The second-order valence-electron chi connectivity index (χ2n) is 7.55. The van der Waals surface area contributed by atoms with Gasteiger partial charge in [0.25, 0.3) is 0 Å². The van der Waals surface area contributed by atoms with Crippen molar-refractivity contribution in [3.8, 4) is 0 Å². The maximum Gasteiger partial charge on any atom is 0.192 e. The average Bonchev–Trinajstić information content (AvgIpc) is 3.33. The van der Waals surface area contributed by atoms with Crippen LogP contribution in [0.1, 0.15) is 28.2 Å². The molecule has 32 heavy (non-hydrogen) atoms. The largest absolute Gasteiger partial charge is 0.387 e. The van der Waals surface area contributed by atoms with Gasteiger partial charge in [-0.05, 0) is 31.0 Å². The SMILES string of the molecule is Cc1c(C)n(Cc2ccccc2)c2ncn3nc(CO/N=C\c4ccccc4Cl)nc3c12. The first-order chi connectivity index (χ1) is 15.6. The summed E-state index contributed by atoms with van der Waals surface area (Å²) in [5.74, 6) is 0.531. The molecule has 0 saturated heterocycles. The highest BCUT2D eigenvalue weighted by atomic mass is 35.5. The predicted octanol–water partition coefficient (Wildman–Crippen LogP) is 4.95. The molecule has 0 bridgehead atoms. The molecule has 0 spiro atoms. The van der Waals surface area contributed by atoms with Crippen LogP contribution in [0.2, 0.25) is 5.02 Å². The highest BCUT2D eigenvalue weighted by Crippen LogP contribution is 2.27. The molecule has 8 heteroatoms. The Morgan fingerprint density at radius 3 is 2.62 bits per heavy atom. The molecule has 0 aliphatic rings. The van der Waals surface area contributed by atoms with E-state index >= 15 is 0 Å². The van der Waals surface area contributed by atoms with Gasteiger partial charge in [-0.3, -0.25) is 0 Å². The number of benzene rings is 2. The summed E-state index contributed by atoms with van der Waals surface area (Å²) in [6, 6.07) is 17.8. The van der Waals surface area contributed by atoms with E-state index in [-0.39, 0.29) is 6.61 Å². The van der Waals surface area contributed by atoms with Gasteiger partial charge in [-0.25, -0.2) is 14.5 Å². The Bertz CT molecular complexity index is 1440. The molecule has 3 aromatic heterocycles. The zero-order valence-electron chi connectivity index (χ0n) is 17.7. The van der Waals surface area contributed by atoms with Gasteiger partial charge < -0.3 is 9.40 Å². The van der Waals surface area contributed by atoms with Crippen molar-refractivity contribution in [1.82, 2.24) is 24.1 Å². The fraction of sp³-hybridized carbons (Fsp3) is 0.167. The van der Waals surface area contributed by atoms with E-state index in [1.54, 1.807) is 23.1 Å². The average molecular weight is 445 g/mol. The van der Waals surface area contributed by atoms with E-state index in [2.05, 4.69) is 45.8 Å². The molecule has 0 amide bonds. The van der Waals surface area contributed by atoms with Gasteiger partial charge in [-0.1, -0.05) is 65.3 Å². The smallest absolute Gasteiger partial charge is 0.192 e. The minimum atomic E-state index is 0.146. The summed E-state index contributed by atoms with van der Waals surface area (Å²) in [5, 5.41) is 10.1. The number of aryl methyl sites for hydroxylation is 1. The Morgan fingerprint density at radius 2 is 1.81 bits per heavy atom. The van der Waals surface area contributed by atoms with Gasteiger partial charge in [0, 0.05) is 22.8 Å². The molecule has 0 radical (unpaired) electrons. The normalized spacial score (nSPS) is 11.7. The summed E-state index contributed by atoms with van der Waals surface area (Å²) < 4.78 is 3.91. The Morgan fingerprint density at radius 1 is 1.03 bits per heavy atom. The van der Waals surface area contributed by atoms with E-state index in [0.29, 0.717) is 10.8 Å². The third-order valence-corrected chi connectivity index (χ3v) is 5.88. The van der Waals surface area contributed by atoms with Crippen molar-refractivity contribution in [3.63, 3.8) is 0 Å². The molecule has 0 aliphatic heterocycles. The Kier molecular flexibility index (Phi) is 5.33. The molecule has 0 N–H and O–H groups in total. The second-order valence-corrected chi connectivity index (χ2v) is 7.96. The number of aromatic nitrogens is 5. The van der Waals surface area contributed by atoms with Crippen LogP contribution in [0.25, 0.3) is 16.7 Å². The van der Waals surface area contributed by atoms with Crippen LogP contribution in [0.4, 0.5) is 0 Å². The zero-order chi connectivity index (χ0) is 22.1. The lowest BCUT2D eigenvalue weighted by Crippen LogP contribution is -2.03. The molecule has 7 nitrogen and oxygen atoms in total. The molecule has 2 aromatic carbocycles. The predicted molar refractivity (Wildman–Crippen MR) is 125 cm³/mol. The maximum absolute atomic E-state index is 6.13. The molecular formula is C24H21ClN6O. The fourth-order valence-corrected chi connectivity index (χ4v) is 3.95. The first-order valence-electron chi connectivity index (χ1n) is 10.3. The number of hydrogen-bond donors (Lipinski definition) is 0. The van der Waals surface area contributed by atoms with Crippen molar-refractivity contribution in [3.05, 3.63) is 94.2 Å². The van der Waals surface area contributed by atoms with Gasteiger partial charge in [0.1, 0.15) is 12.0 Å². The molecule has 0 atom stereocenters. The molecule has 160 valence electrons. The van der Waals surface area contributed by atoms with Crippen molar-refractivity contribution < 1.29 is 4.84 Å².